The Kier molecular flexibility index (Phi) is 8.18. The molecule has 2 aromatic rings. The van der Waals surface area contributed by atoms with Crippen molar-refractivity contribution in [1.29, 1.82) is 0 Å². The average Bonchev–Trinajstić information content (AvgIpc) is 3.12. The number of fused-ring (bicyclic) bond motifs is 1. The maximum Gasteiger partial charge on any atom is 0.173 e. The molecular weight excluding hydrogens is 420 g/mol. The van der Waals surface area contributed by atoms with E-state index in [-0.39, 0.29) is 19.0 Å². The van der Waals surface area contributed by atoms with Gasteiger partial charge in [0.05, 0.1) is 11.5 Å². The van der Waals surface area contributed by atoms with Crippen molar-refractivity contribution in [2.75, 3.05) is 13.2 Å². The number of rotatable bonds is 10. The van der Waals surface area contributed by atoms with Crippen LogP contribution in [0, 0.1) is 12.3 Å². The standard InChI is InChI=1S/C27H38O4S/c1-6-19-13-18(12-17(3)25(19)31-16-20(29)15-28)8-9-23(30)26-21-10-11-27(4,5)14-22(21)24(7-2)32-26/h12-13,20,28-29H,6-11,14-16H2,1-5H3. The molecule has 1 aliphatic rings. The zero-order valence-electron chi connectivity index (χ0n) is 20.2. The lowest BCUT2D eigenvalue weighted by atomic mass is 9.74. The molecule has 1 aromatic heterocycles. The molecule has 1 atom stereocenters. The number of hydrogen-bond donors (Lipinski definition) is 2. The van der Waals surface area contributed by atoms with E-state index in [1.807, 2.05) is 6.92 Å². The third kappa shape index (κ3) is 5.62. The van der Waals surface area contributed by atoms with E-state index in [1.165, 1.54) is 16.0 Å². The molecule has 176 valence electrons. The molecular formula is C27H38O4S. The fourth-order valence-corrected chi connectivity index (χ4v) is 5.98. The molecule has 1 heterocycles. The van der Waals surface area contributed by atoms with Gasteiger partial charge in [0.1, 0.15) is 18.5 Å². The number of aliphatic hydroxyl groups is 2. The highest BCUT2D eigenvalue weighted by molar-refractivity contribution is 7.14. The summed E-state index contributed by atoms with van der Waals surface area (Å²) in [4.78, 5) is 15.6. The molecule has 0 saturated heterocycles. The van der Waals surface area contributed by atoms with Crippen molar-refractivity contribution in [3.8, 4) is 5.75 Å². The molecule has 0 radical (unpaired) electrons. The highest BCUT2D eigenvalue weighted by atomic mass is 32.1. The molecule has 2 N–H and O–H groups in total. The first-order valence-corrected chi connectivity index (χ1v) is 12.7. The lowest BCUT2D eigenvalue weighted by Crippen LogP contribution is -2.22. The molecule has 3 rings (SSSR count). The van der Waals surface area contributed by atoms with E-state index >= 15 is 0 Å². The van der Waals surface area contributed by atoms with Gasteiger partial charge in [-0.2, -0.15) is 0 Å². The minimum Gasteiger partial charge on any atom is -0.490 e. The molecule has 0 spiro atoms. The summed E-state index contributed by atoms with van der Waals surface area (Å²) in [5, 5.41) is 18.6. The second-order valence-corrected chi connectivity index (χ2v) is 10.9. The van der Waals surface area contributed by atoms with Gasteiger partial charge in [-0.25, -0.2) is 0 Å². The molecule has 1 aliphatic carbocycles. The lowest BCUT2D eigenvalue weighted by molar-refractivity contribution is 0.0531. The summed E-state index contributed by atoms with van der Waals surface area (Å²) in [6.07, 6.45) is 5.41. The third-order valence-electron chi connectivity index (χ3n) is 6.55. The summed E-state index contributed by atoms with van der Waals surface area (Å²) in [7, 11) is 0. The third-order valence-corrected chi connectivity index (χ3v) is 8.01. The largest absolute Gasteiger partial charge is 0.490 e. The lowest BCUT2D eigenvalue weighted by Gasteiger charge is -2.30. The maximum atomic E-state index is 13.2. The number of aryl methyl sites for hydroxylation is 4. The number of ketones is 1. The van der Waals surface area contributed by atoms with Crippen molar-refractivity contribution in [2.24, 2.45) is 5.41 Å². The molecule has 0 amide bonds. The predicted octanol–water partition coefficient (Wildman–Crippen LogP) is 5.24. The molecule has 1 unspecified atom stereocenters. The highest BCUT2D eigenvalue weighted by Crippen LogP contribution is 2.42. The van der Waals surface area contributed by atoms with Crippen molar-refractivity contribution in [1.82, 2.24) is 0 Å². The smallest absolute Gasteiger partial charge is 0.173 e. The number of aliphatic hydroxyl groups excluding tert-OH is 2. The van der Waals surface area contributed by atoms with E-state index in [9.17, 15) is 9.90 Å². The number of Topliss-reactive ketones (excluding diaryl/α,β-unsaturated/α-hetero) is 1. The second-order valence-electron chi connectivity index (χ2n) is 9.83. The number of hydrogen-bond acceptors (Lipinski definition) is 5. The number of thiophene rings is 1. The zero-order valence-corrected chi connectivity index (χ0v) is 21.0. The van der Waals surface area contributed by atoms with Crippen molar-refractivity contribution >= 4 is 17.1 Å². The van der Waals surface area contributed by atoms with E-state index in [1.54, 1.807) is 11.3 Å². The Balaban J connectivity index is 1.74. The van der Waals surface area contributed by atoms with Gasteiger partial charge in [0.25, 0.3) is 0 Å². The summed E-state index contributed by atoms with van der Waals surface area (Å²) in [5.74, 6) is 1.05. The number of benzene rings is 1. The van der Waals surface area contributed by atoms with Crippen molar-refractivity contribution in [2.45, 2.75) is 85.7 Å². The van der Waals surface area contributed by atoms with Gasteiger partial charge in [-0.05, 0) is 78.7 Å². The fourth-order valence-electron chi connectivity index (χ4n) is 4.71. The normalized spacial score (nSPS) is 16.0. The second kappa shape index (κ2) is 10.5. The van der Waals surface area contributed by atoms with Gasteiger partial charge in [-0.3, -0.25) is 4.79 Å². The Morgan fingerprint density at radius 3 is 2.62 bits per heavy atom. The molecule has 1 aromatic carbocycles. The van der Waals surface area contributed by atoms with Gasteiger partial charge < -0.3 is 14.9 Å². The van der Waals surface area contributed by atoms with Crippen LogP contribution in [-0.2, 0) is 32.1 Å². The van der Waals surface area contributed by atoms with Crippen LogP contribution in [-0.4, -0.2) is 35.3 Å². The van der Waals surface area contributed by atoms with E-state index in [0.717, 1.165) is 59.4 Å². The molecule has 0 aliphatic heterocycles. The Morgan fingerprint density at radius 2 is 1.97 bits per heavy atom. The number of carbonyl (C=O) groups is 1. The minimum atomic E-state index is -0.883. The molecule has 5 heteroatoms. The van der Waals surface area contributed by atoms with E-state index in [2.05, 4.69) is 39.8 Å². The first kappa shape index (κ1) is 24.9. The highest BCUT2D eigenvalue weighted by Gasteiger charge is 2.31. The van der Waals surface area contributed by atoms with Crippen LogP contribution in [0.3, 0.4) is 0 Å². The average molecular weight is 459 g/mol. The van der Waals surface area contributed by atoms with E-state index in [4.69, 9.17) is 9.84 Å². The maximum absolute atomic E-state index is 13.2. The van der Waals surface area contributed by atoms with Crippen LogP contribution in [0.25, 0.3) is 0 Å². The monoisotopic (exact) mass is 458 g/mol. The van der Waals surface area contributed by atoms with Crippen molar-refractivity contribution in [3.63, 3.8) is 0 Å². The van der Waals surface area contributed by atoms with Gasteiger partial charge >= 0.3 is 0 Å². The van der Waals surface area contributed by atoms with Crippen LogP contribution in [0.4, 0.5) is 0 Å². The van der Waals surface area contributed by atoms with Crippen LogP contribution in [0.5, 0.6) is 5.75 Å². The van der Waals surface area contributed by atoms with Crippen LogP contribution < -0.4 is 4.74 Å². The van der Waals surface area contributed by atoms with E-state index in [0.29, 0.717) is 18.3 Å². The van der Waals surface area contributed by atoms with Crippen molar-refractivity contribution in [3.05, 3.63) is 49.7 Å². The van der Waals surface area contributed by atoms with Crippen LogP contribution in [0.15, 0.2) is 12.1 Å². The quantitative estimate of drug-likeness (QED) is 0.478. The van der Waals surface area contributed by atoms with Crippen LogP contribution in [0.1, 0.15) is 82.9 Å². The van der Waals surface area contributed by atoms with Crippen LogP contribution in [0.2, 0.25) is 0 Å². The summed E-state index contributed by atoms with van der Waals surface area (Å²) in [6, 6.07) is 4.20. The Morgan fingerprint density at radius 1 is 1.22 bits per heavy atom. The zero-order chi connectivity index (χ0) is 23.5. The van der Waals surface area contributed by atoms with Gasteiger partial charge in [-0.1, -0.05) is 39.8 Å². The number of carbonyl (C=O) groups excluding carboxylic acids is 1. The summed E-state index contributed by atoms with van der Waals surface area (Å²) >= 11 is 1.73. The fraction of sp³-hybridized carbons (Fsp3) is 0.593. The van der Waals surface area contributed by atoms with Gasteiger partial charge in [0.15, 0.2) is 5.78 Å². The van der Waals surface area contributed by atoms with Gasteiger partial charge in [0, 0.05) is 11.3 Å². The molecule has 0 saturated carbocycles. The molecule has 0 bridgehead atoms. The molecule has 0 fully saturated rings. The summed E-state index contributed by atoms with van der Waals surface area (Å²) in [6.45, 7) is 10.7. The summed E-state index contributed by atoms with van der Waals surface area (Å²) < 4.78 is 5.78. The first-order valence-electron chi connectivity index (χ1n) is 11.9. The predicted molar refractivity (Wildman–Crippen MR) is 131 cm³/mol. The molecule has 4 nitrogen and oxygen atoms in total. The van der Waals surface area contributed by atoms with E-state index < -0.39 is 6.10 Å². The Bertz CT molecular complexity index is 957. The van der Waals surface area contributed by atoms with Gasteiger partial charge in [0.2, 0.25) is 0 Å². The van der Waals surface area contributed by atoms with Crippen LogP contribution >= 0.6 is 11.3 Å². The summed E-state index contributed by atoms with van der Waals surface area (Å²) in [5.41, 5.74) is 6.32. The van der Waals surface area contributed by atoms with Crippen molar-refractivity contribution < 1.29 is 19.7 Å². The molecule has 32 heavy (non-hydrogen) atoms. The number of ether oxygens (including phenoxy) is 1. The van der Waals surface area contributed by atoms with Gasteiger partial charge in [-0.15, -0.1) is 11.3 Å². The Labute approximate surface area is 196 Å². The topological polar surface area (TPSA) is 66.8 Å². The SMILES string of the molecule is CCc1cc(CCC(=O)c2sc(CC)c3c2CCC(C)(C)C3)cc(C)c1OCC(O)CO. The first-order chi connectivity index (χ1) is 15.2. The minimum absolute atomic E-state index is 0.0717. The Hall–Kier alpha value is -1.69.